The number of thiophene rings is 4. The first-order valence-electron chi connectivity index (χ1n) is 10.3. The number of rotatable bonds is 7. The maximum atomic E-state index is 11.5. The van der Waals surface area contributed by atoms with Crippen LogP contribution in [0.3, 0.4) is 0 Å². The Kier molecular flexibility index (Phi) is 6.22. The van der Waals surface area contributed by atoms with Gasteiger partial charge in [0.15, 0.2) is 0 Å². The van der Waals surface area contributed by atoms with Crippen molar-refractivity contribution < 1.29 is 19.8 Å². The van der Waals surface area contributed by atoms with Crippen molar-refractivity contribution in [3.05, 3.63) is 82.0 Å². The molecule has 0 unspecified atom stereocenters. The summed E-state index contributed by atoms with van der Waals surface area (Å²) in [6.07, 6.45) is -0.0844. The molecule has 0 bridgehead atoms. The topological polar surface area (TPSA) is 74.6 Å². The number of carboxylic acid groups (broad SMARTS) is 2. The van der Waals surface area contributed by atoms with Crippen LogP contribution in [0.4, 0.5) is 0 Å². The molecule has 4 aromatic heterocycles. The van der Waals surface area contributed by atoms with E-state index >= 15 is 0 Å². The van der Waals surface area contributed by atoms with Crippen molar-refractivity contribution in [3.8, 4) is 40.4 Å². The fourth-order valence-electron chi connectivity index (χ4n) is 3.76. The van der Waals surface area contributed by atoms with Gasteiger partial charge in [-0.2, -0.15) is 0 Å². The van der Waals surface area contributed by atoms with Crippen LogP contribution in [0.15, 0.2) is 66.0 Å². The van der Waals surface area contributed by atoms with E-state index in [4.69, 9.17) is 0 Å². The largest absolute Gasteiger partial charge is 0.481 e. The summed E-state index contributed by atoms with van der Waals surface area (Å²) in [6, 6.07) is 19.9. The molecule has 0 fully saturated rings. The Hall–Kier alpha value is -3.04. The summed E-state index contributed by atoms with van der Waals surface area (Å²) in [7, 11) is 0. The summed E-state index contributed by atoms with van der Waals surface area (Å²) in [5.41, 5.74) is 4.06. The van der Waals surface area contributed by atoms with Gasteiger partial charge >= 0.3 is 11.9 Å². The van der Waals surface area contributed by atoms with Gasteiger partial charge in [0.25, 0.3) is 0 Å². The van der Waals surface area contributed by atoms with Crippen LogP contribution in [0, 0.1) is 6.92 Å². The summed E-state index contributed by atoms with van der Waals surface area (Å²) >= 11 is 6.21. The standard InChI is InChI=1S/C26H18O4S4/c1-14-11-21(18-3-2-10-31-18)33-24(14)15-4-6-16(7-5-15)25-17(13-23(27)28)12-22(34-25)19-8-9-20(32-19)26(29)30/h2-12H,13H2,1H3,(H,27,28)(H,29,30). The first-order valence-corrected chi connectivity index (χ1v) is 13.6. The number of aryl methyl sites for hydroxylation is 1. The average molecular weight is 523 g/mol. The maximum absolute atomic E-state index is 11.5. The summed E-state index contributed by atoms with van der Waals surface area (Å²) < 4.78 is 0. The van der Waals surface area contributed by atoms with Gasteiger partial charge in [-0.3, -0.25) is 4.79 Å². The summed E-state index contributed by atoms with van der Waals surface area (Å²) in [5.74, 6) is -1.85. The van der Waals surface area contributed by atoms with Crippen LogP contribution in [0.2, 0.25) is 0 Å². The lowest BCUT2D eigenvalue weighted by Crippen LogP contribution is -1.99. The van der Waals surface area contributed by atoms with Gasteiger partial charge in [0, 0.05) is 29.3 Å². The van der Waals surface area contributed by atoms with Crippen LogP contribution in [0.5, 0.6) is 0 Å². The molecule has 0 saturated heterocycles. The number of carbonyl (C=O) groups is 2. The monoisotopic (exact) mass is 522 g/mol. The van der Waals surface area contributed by atoms with E-state index in [9.17, 15) is 19.8 Å². The zero-order chi connectivity index (χ0) is 23.8. The molecule has 1 aromatic carbocycles. The second-order valence-corrected chi connectivity index (χ2v) is 11.8. The van der Waals surface area contributed by atoms with E-state index in [2.05, 4.69) is 42.6 Å². The Labute approximate surface area is 212 Å². The lowest BCUT2D eigenvalue weighted by Gasteiger charge is -2.05. The van der Waals surface area contributed by atoms with Gasteiger partial charge in [0.2, 0.25) is 0 Å². The summed E-state index contributed by atoms with van der Waals surface area (Å²) in [6.45, 7) is 2.12. The Balaban J connectivity index is 1.49. The lowest BCUT2D eigenvalue weighted by atomic mass is 10.0. The van der Waals surface area contributed by atoms with Crippen molar-refractivity contribution in [1.29, 1.82) is 0 Å². The minimum absolute atomic E-state index is 0.0844. The van der Waals surface area contributed by atoms with E-state index in [0.29, 0.717) is 0 Å². The number of hydrogen-bond acceptors (Lipinski definition) is 6. The number of aromatic carboxylic acids is 1. The maximum Gasteiger partial charge on any atom is 0.345 e. The molecule has 5 rings (SSSR count). The molecule has 4 heterocycles. The predicted octanol–water partition coefficient (Wildman–Crippen LogP) is 8.23. The van der Waals surface area contributed by atoms with Crippen LogP contribution >= 0.6 is 45.3 Å². The predicted molar refractivity (Wildman–Crippen MR) is 143 cm³/mol. The molecule has 170 valence electrons. The molecular weight excluding hydrogens is 505 g/mol. The van der Waals surface area contributed by atoms with E-state index < -0.39 is 11.9 Å². The first-order chi connectivity index (χ1) is 16.4. The van der Waals surface area contributed by atoms with E-state index in [1.807, 2.05) is 18.2 Å². The SMILES string of the molecule is Cc1cc(-c2cccs2)sc1-c1ccc(-c2sc(-c3ccc(C(=O)O)s3)cc2CC(=O)O)cc1. The molecule has 0 atom stereocenters. The Bertz CT molecular complexity index is 1480. The van der Waals surface area contributed by atoms with Crippen LogP contribution in [-0.2, 0) is 11.2 Å². The number of aliphatic carboxylic acids is 1. The first kappa shape index (κ1) is 22.7. The highest BCUT2D eigenvalue weighted by atomic mass is 32.1. The van der Waals surface area contributed by atoms with Gasteiger partial charge in [0.05, 0.1) is 6.42 Å². The Morgan fingerprint density at radius 3 is 2.06 bits per heavy atom. The normalized spacial score (nSPS) is 11.1. The van der Waals surface area contributed by atoms with Crippen molar-refractivity contribution in [2.24, 2.45) is 0 Å². The molecule has 0 spiro atoms. The zero-order valence-corrected chi connectivity index (χ0v) is 21.2. The molecule has 0 aliphatic heterocycles. The second-order valence-electron chi connectivity index (χ2n) is 7.68. The Morgan fingerprint density at radius 1 is 0.765 bits per heavy atom. The van der Waals surface area contributed by atoms with Gasteiger partial charge in [-0.25, -0.2) is 4.79 Å². The third-order valence-electron chi connectivity index (χ3n) is 5.30. The molecule has 5 aromatic rings. The van der Waals surface area contributed by atoms with E-state index in [0.717, 1.165) is 31.3 Å². The van der Waals surface area contributed by atoms with E-state index in [-0.39, 0.29) is 11.3 Å². The third kappa shape index (κ3) is 4.50. The number of hydrogen-bond donors (Lipinski definition) is 2. The highest BCUT2D eigenvalue weighted by Gasteiger charge is 2.18. The minimum Gasteiger partial charge on any atom is -0.481 e. The molecule has 0 amide bonds. The lowest BCUT2D eigenvalue weighted by molar-refractivity contribution is -0.136. The summed E-state index contributed by atoms with van der Waals surface area (Å²) in [5, 5.41) is 20.7. The Morgan fingerprint density at radius 2 is 1.44 bits per heavy atom. The van der Waals surface area contributed by atoms with Crippen LogP contribution in [-0.4, -0.2) is 22.2 Å². The van der Waals surface area contributed by atoms with Gasteiger partial charge in [0.1, 0.15) is 4.88 Å². The van der Waals surface area contributed by atoms with E-state index in [1.54, 1.807) is 34.8 Å². The fraction of sp³-hybridized carbons (Fsp3) is 0.0769. The van der Waals surface area contributed by atoms with Crippen molar-refractivity contribution in [2.45, 2.75) is 13.3 Å². The molecule has 0 aliphatic carbocycles. The molecule has 34 heavy (non-hydrogen) atoms. The van der Waals surface area contributed by atoms with Crippen LogP contribution < -0.4 is 0 Å². The fourth-order valence-corrected chi connectivity index (χ4v) is 7.87. The minimum atomic E-state index is -0.958. The average Bonchev–Trinajstić information content (AvgIpc) is 3.59. The van der Waals surface area contributed by atoms with Crippen molar-refractivity contribution in [1.82, 2.24) is 0 Å². The van der Waals surface area contributed by atoms with Gasteiger partial charge in [-0.05, 0) is 64.9 Å². The van der Waals surface area contributed by atoms with Gasteiger partial charge < -0.3 is 10.2 Å². The van der Waals surface area contributed by atoms with Crippen molar-refractivity contribution in [3.63, 3.8) is 0 Å². The third-order valence-corrected chi connectivity index (χ3v) is 10.1. The zero-order valence-electron chi connectivity index (χ0n) is 17.9. The molecular formula is C26H18O4S4. The van der Waals surface area contributed by atoms with Gasteiger partial charge in [-0.1, -0.05) is 30.3 Å². The summed E-state index contributed by atoms with van der Waals surface area (Å²) in [4.78, 5) is 29.4. The molecule has 0 aliphatic rings. The number of benzene rings is 1. The smallest absolute Gasteiger partial charge is 0.345 e. The van der Waals surface area contributed by atoms with E-state index in [1.165, 1.54) is 42.9 Å². The highest BCUT2D eigenvalue weighted by Crippen LogP contribution is 2.43. The van der Waals surface area contributed by atoms with Crippen LogP contribution in [0.1, 0.15) is 20.8 Å². The molecule has 2 N–H and O–H groups in total. The highest BCUT2D eigenvalue weighted by molar-refractivity contribution is 7.25. The molecule has 8 heteroatoms. The van der Waals surface area contributed by atoms with Crippen molar-refractivity contribution in [2.75, 3.05) is 0 Å². The van der Waals surface area contributed by atoms with Crippen molar-refractivity contribution >= 4 is 57.3 Å². The van der Waals surface area contributed by atoms with Crippen LogP contribution in [0.25, 0.3) is 40.4 Å². The molecule has 0 saturated carbocycles. The number of carboxylic acids is 2. The molecule has 0 radical (unpaired) electrons. The van der Waals surface area contributed by atoms with Gasteiger partial charge in [-0.15, -0.1) is 45.3 Å². The quantitative estimate of drug-likeness (QED) is 0.226. The molecule has 4 nitrogen and oxygen atoms in total. The second kappa shape index (κ2) is 9.31.